The van der Waals surface area contributed by atoms with Crippen LogP contribution in [0.15, 0.2) is 60.7 Å². The zero-order valence-electron chi connectivity index (χ0n) is 19.1. The molecule has 2 N–H and O–H groups in total. The standard InChI is InChI=1S/C26H26N2O5S/c1-17-3-9-21(14-22(17)19-6-4-18(5-7-19)15-27-34(2,30)31)28-25(29)26(11-12-26)20-8-10-23-24(13-20)33-16-32-23/h3-10,13-14,27H,11-12,15-16H2,1-2H3,(H,28,29). The van der Waals surface area contributed by atoms with Crippen LogP contribution in [0.25, 0.3) is 11.1 Å². The summed E-state index contributed by atoms with van der Waals surface area (Å²) in [5.41, 5.74) is 5.09. The fraction of sp³-hybridized carbons (Fsp3) is 0.269. The third kappa shape index (κ3) is 4.51. The minimum atomic E-state index is -3.24. The molecular formula is C26H26N2O5S. The number of sulfonamides is 1. The first-order chi connectivity index (χ1) is 16.2. The van der Waals surface area contributed by atoms with E-state index in [2.05, 4.69) is 10.0 Å². The molecule has 0 aromatic heterocycles. The van der Waals surface area contributed by atoms with Gasteiger partial charge in [-0.2, -0.15) is 0 Å². The number of fused-ring (bicyclic) bond motifs is 1. The van der Waals surface area contributed by atoms with Crippen LogP contribution in [0.3, 0.4) is 0 Å². The third-order valence-corrected chi connectivity index (χ3v) is 7.08. The summed E-state index contributed by atoms with van der Waals surface area (Å²) in [5.74, 6) is 1.37. The van der Waals surface area contributed by atoms with Gasteiger partial charge in [0.2, 0.25) is 22.7 Å². The molecule has 34 heavy (non-hydrogen) atoms. The van der Waals surface area contributed by atoms with Crippen molar-refractivity contribution >= 4 is 21.6 Å². The summed E-state index contributed by atoms with van der Waals surface area (Å²) in [4.78, 5) is 13.3. The Morgan fingerprint density at radius 1 is 0.971 bits per heavy atom. The molecule has 7 nitrogen and oxygen atoms in total. The van der Waals surface area contributed by atoms with Crippen LogP contribution in [0.4, 0.5) is 5.69 Å². The quantitative estimate of drug-likeness (QED) is 0.533. The number of amides is 1. The summed E-state index contributed by atoms with van der Waals surface area (Å²) in [7, 11) is -3.24. The van der Waals surface area contributed by atoms with Crippen LogP contribution >= 0.6 is 0 Å². The van der Waals surface area contributed by atoms with Crippen LogP contribution in [-0.2, 0) is 26.8 Å². The maximum absolute atomic E-state index is 13.3. The molecule has 1 fully saturated rings. The van der Waals surface area contributed by atoms with Gasteiger partial charge in [0.05, 0.1) is 11.7 Å². The summed E-state index contributed by atoms with van der Waals surface area (Å²) in [5, 5.41) is 3.11. The lowest BCUT2D eigenvalue weighted by Crippen LogP contribution is -2.27. The van der Waals surface area contributed by atoms with E-state index in [0.717, 1.165) is 52.6 Å². The minimum Gasteiger partial charge on any atom is -0.454 e. The molecular weight excluding hydrogens is 452 g/mol. The summed E-state index contributed by atoms with van der Waals surface area (Å²) < 4.78 is 36.0. The molecule has 3 aromatic rings. The van der Waals surface area contributed by atoms with Gasteiger partial charge in [0.15, 0.2) is 11.5 Å². The number of hydrogen-bond acceptors (Lipinski definition) is 5. The molecule has 3 aromatic carbocycles. The second-order valence-corrected chi connectivity index (χ2v) is 10.8. The largest absolute Gasteiger partial charge is 0.454 e. The predicted octanol–water partition coefficient (Wildman–Crippen LogP) is 4.11. The highest BCUT2D eigenvalue weighted by atomic mass is 32.2. The fourth-order valence-electron chi connectivity index (χ4n) is 4.24. The minimum absolute atomic E-state index is 0.0247. The van der Waals surface area contributed by atoms with Crippen molar-refractivity contribution in [2.45, 2.75) is 31.7 Å². The first-order valence-electron chi connectivity index (χ1n) is 11.1. The van der Waals surface area contributed by atoms with E-state index in [9.17, 15) is 13.2 Å². The van der Waals surface area contributed by atoms with E-state index in [1.54, 1.807) is 0 Å². The number of benzene rings is 3. The number of nitrogens with one attached hydrogen (secondary N) is 2. The second-order valence-electron chi connectivity index (χ2n) is 8.92. The number of carbonyl (C=O) groups excluding carboxylic acids is 1. The lowest BCUT2D eigenvalue weighted by Gasteiger charge is -2.17. The smallest absolute Gasteiger partial charge is 0.235 e. The molecule has 8 heteroatoms. The molecule has 2 aliphatic rings. The van der Waals surface area contributed by atoms with Gasteiger partial charge >= 0.3 is 0 Å². The van der Waals surface area contributed by atoms with E-state index >= 15 is 0 Å². The van der Waals surface area contributed by atoms with Gasteiger partial charge in [-0.05, 0) is 71.8 Å². The van der Waals surface area contributed by atoms with Gasteiger partial charge in [-0.15, -0.1) is 0 Å². The predicted molar refractivity (Wildman–Crippen MR) is 130 cm³/mol. The monoisotopic (exact) mass is 478 g/mol. The Balaban J connectivity index is 1.33. The normalized spacial score (nSPS) is 15.7. The summed E-state index contributed by atoms with van der Waals surface area (Å²) >= 11 is 0. The number of rotatable bonds is 7. The molecule has 1 saturated carbocycles. The van der Waals surface area contributed by atoms with Crippen molar-refractivity contribution in [2.24, 2.45) is 0 Å². The van der Waals surface area contributed by atoms with E-state index in [1.807, 2.05) is 67.6 Å². The van der Waals surface area contributed by atoms with Crippen LogP contribution in [0.5, 0.6) is 11.5 Å². The Labute approximate surface area is 199 Å². The highest BCUT2D eigenvalue weighted by Gasteiger charge is 2.51. The highest BCUT2D eigenvalue weighted by molar-refractivity contribution is 7.88. The molecule has 1 aliphatic carbocycles. The first kappa shape index (κ1) is 22.4. The van der Waals surface area contributed by atoms with Crippen molar-refractivity contribution in [1.82, 2.24) is 4.72 Å². The molecule has 1 heterocycles. The van der Waals surface area contributed by atoms with Crippen molar-refractivity contribution in [2.75, 3.05) is 18.4 Å². The van der Waals surface area contributed by atoms with Crippen molar-refractivity contribution in [3.8, 4) is 22.6 Å². The van der Waals surface area contributed by atoms with Crippen molar-refractivity contribution in [1.29, 1.82) is 0 Å². The first-order valence-corrected chi connectivity index (χ1v) is 13.0. The molecule has 176 valence electrons. The number of aryl methyl sites for hydroxylation is 1. The molecule has 1 aliphatic heterocycles. The Morgan fingerprint density at radius 3 is 2.41 bits per heavy atom. The van der Waals surface area contributed by atoms with Crippen molar-refractivity contribution in [3.05, 3.63) is 77.4 Å². The van der Waals surface area contributed by atoms with E-state index in [0.29, 0.717) is 11.5 Å². The summed E-state index contributed by atoms with van der Waals surface area (Å²) in [6, 6.07) is 19.3. The van der Waals surface area contributed by atoms with Crippen LogP contribution in [0, 0.1) is 6.92 Å². The third-order valence-electron chi connectivity index (χ3n) is 6.41. The fourth-order valence-corrected chi connectivity index (χ4v) is 4.67. The van der Waals surface area contributed by atoms with Crippen LogP contribution in [0.2, 0.25) is 0 Å². The molecule has 1 amide bonds. The molecule has 0 saturated heterocycles. The van der Waals surface area contributed by atoms with Gasteiger partial charge in [0.1, 0.15) is 0 Å². The molecule has 0 atom stereocenters. The van der Waals surface area contributed by atoms with E-state index < -0.39 is 15.4 Å². The summed E-state index contributed by atoms with van der Waals surface area (Å²) in [6.45, 7) is 2.48. The van der Waals surface area contributed by atoms with Crippen molar-refractivity contribution < 1.29 is 22.7 Å². The van der Waals surface area contributed by atoms with Gasteiger partial charge in [0, 0.05) is 12.2 Å². The topological polar surface area (TPSA) is 93.7 Å². The Bertz CT molecular complexity index is 1360. The second kappa shape index (κ2) is 8.45. The Hall–Kier alpha value is -3.36. The van der Waals surface area contributed by atoms with Gasteiger partial charge < -0.3 is 14.8 Å². The number of anilines is 1. The molecule has 5 rings (SSSR count). The zero-order valence-corrected chi connectivity index (χ0v) is 19.9. The van der Waals surface area contributed by atoms with E-state index in [4.69, 9.17) is 9.47 Å². The SMILES string of the molecule is Cc1ccc(NC(=O)C2(c3ccc4c(c3)OCO4)CC2)cc1-c1ccc(CNS(C)(=O)=O)cc1. The highest BCUT2D eigenvalue weighted by Crippen LogP contribution is 2.51. The van der Waals surface area contributed by atoms with E-state index in [1.165, 1.54) is 0 Å². The molecule has 0 unspecified atom stereocenters. The lowest BCUT2D eigenvalue weighted by molar-refractivity contribution is -0.118. The molecule has 0 spiro atoms. The van der Waals surface area contributed by atoms with Crippen LogP contribution < -0.4 is 19.5 Å². The van der Waals surface area contributed by atoms with Gasteiger partial charge in [-0.25, -0.2) is 13.1 Å². The lowest BCUT2D eigenvalue weighted by atomic mass is 9.94. The Morgan fingerprint density at radius 2 is 1.71 bits per heavy atom. The van der Waals surface area contributed by atoms with Gasteiger partial charge in [-0.3, -0.25) is 4.79 Å². The van der Waals surface area contributed by atoms with Crippen LogP contribution in [-0.4, -0.2) is 27.4 Å². The molecule has 0 radical (unpaired) electrons. The van der Waals surface area contributed by atoms with E-state index in [-0.39, 0.29) is 19.2 Å². The van der Waals surface area contributed by atoms with Gasteiger partial charge in [0.25, 0.3) is 0 Å². The number of hydrogen-bond donors (Lipinski definition) is 2. The summed E-state index contributed by atoms with van der Waals surface area (Å²) in [6.07, 6.45) is 2.73. The number of ether oxygens (including phenoxy) is 2. The zero-order chi connectivity index (χ0) is 23.9. The average molecular weight is 479 g/mol. The van der Waals surface area contributed by atoms with Crippen molar-refractivity contribution in [3.63, 3.8) is 0 Å². The van der Waals surface area contributed by atoms with Gasteiger partial charge in [-0.1, -0.05) is 36.4 Å². The number of carbonyl (C=O) groups is 1. The average Bonchev–Trinajstić information content (AvgIpc) is 3.50. The van der Waals surface area contributed by atoms with Crippen LogP contribution in [0.1, 0.15) is 29.5 Å². The Kier molecular flexibility index (Phi) is 5.58. The molecule has 0 bridgehead atoms. The maximum atomic E-state index is 13.3. The maximum Gasteiger partial charge on any atom is 0.235 e.